The summed E-state index contributed by atoms with van der Waals surface area (Å²) in [6, 6.07) is 9.17. The first-order valence-electron chi connectivity index (χ1n) is 11.3. The van der Waals surface area contributed by atoms with Gasteiger partial charge in [-0.3, -0.25) is 4.79 Å². The SMILES string of the molecule is COc1ccc(/C=C/C(=O)c2ccc3c(c2O)C=CC(C)(C)O3)cc1OC(C)C1CCCN1. The van der Waals surface area contributed by atoms with Crippen LogP contribution in [0, 0.1) is 0 Å². The Labute approximate surface area is 194 Å². The monoisotopic (exact) mass is 449 g/mol. The fraction of sp³-hybridized carbons (Fsp3) is 0.370. The quantitative estimate of drug-likeness (QED) is 0.458. The Morgan fingerprint density at radius 1 is 1.27 bits per heavy atom. The minimum Gasteiger partial charge on any atom is -0.506 e. The lowest BCUT2D eigenvalue weighted by atomic mass is 9.98. The lowest BCUT2D eigenvalue weighted by molar-refractivity contribution is 0.104. The van der Waals surface area contributed by atoms with Gasteiger partial charge in [0.1, 0.15) is 23.2 Å². The number of phenols is 1. The van der Waals surface area contributed by atoms with Gasteiger partial charge in [-0.05, 0) is 88.2 Å². The van der Waals surface area contributed by atoms with Crippen LogP contribution in [0.1, 0.15) is 55.1 Å². The van der Waals surface area contributed by atoms with Crippen molar-refractivity contribution >= 4 is 17.9 Å². The van der Waals surface area contributed by atoms with Gasteiger partial charge in [-0.1, -0.05) is 12.1 Å². The number of phenolic OH excluding ortho intramolecular Hbond substituents is 1. The van der Waals surface area contributed by atoms with Gasteiger partial charge in [-0.25, -0.2) is 0 Å². The summed E-state index contributed by atoms with van der Waals surface area (Å²) in [6.45, 7) is 6.93. The summed E-state index contributed by atoms with van der Waals surface area (Å²) in [5, 5.41) is 14.1. The van der Waals surface area contributed by atoms with Crippen LogP contribution in [0.15, 0.2) is 42.5 Å². The second-order valence-corrected chi connectivity index (χ2v) is 9.05. The molecule has 2 aromatic rings. The number of allylic oxidation sites excluding steroid dienone is 1. The van der Waals surface area contributed by atoms with Gasteiger partial charge in [0.25, 0.3) is 0 Å². The van der Waals surface area contributed by atoms with E-state index in [0.29, 0.717) is 28.9 Å². The number of hydrogen-bond acceptors (Lipinski definition) is 6. The number of ether oxygens (including phenoxy) is 3. The average Bonchev–Trinajstić information content (AvgIpc) is 3.32. The van der Waals surface area contributed by atoms with Crippen molar-refractivity contribution in [3.8, 4) is 23.0 Å². The molecule has 2 N–H and O–H groups in total. The number of fused-ring (bicyclic) bond motifs is 1. The molecule has 33 heavy (non-hydrogen) atoms. The molecule has 0 bridgehead atoms. The second-order valence-electron chi connectivity index (χ2n) is 9.05. The van der Waals surface area contributed by atoms with Crippen LogP contribution >= 0.6 is 0 Å². The molecule has 0 spiro atoms. The predicted molar refractivity (Wildman–Crippen MR) is 129 cm³/mol. The van der Waals surface area contributed by atoms with Crippen LogP contribution in [0.3, 0.4) is 0 Å². The summed E-state index contributed by atoms with van der Waals surface area (Å²) in [7, 11) is 1.61. The van der Waals surface area contributed by atoms with Gasteiger partial charge in [0.2, 0.25) is 0 Å². The van der Waals surface area contributed by atoms with Crippen molar-refractivity contribution in [3.05, 3.63) is 59.2 Å². The Kier molecular flexibility index (Phi) is 6.47. The molecular weight excluding hydrogens is 418 g/mol. The molecule has 0 saturated carbocycles. The summed E-state index contributed by atoms with van der Waals surface area (Å²) >= 11 is 0. The van der Waals surface area contributed by atoms with Crippen LogP contribution in [0.2, 0.25) is 0 Å². The molecular formula is C27H31NO5. The predicted octanol–water partition coefficient (Wildman–Crippen LogP) is 5.00. The molecule has 4 rings (SSSR count). The molecule has 0 radical (unpaired) electrons. The number of ketones is 1. The maximum Gasteiger partial charge on any atom is 0.189 e. The summed E-state index contributed by atoms with van der Waals surface area (Å²) in [6.07, 6.45) is 9.04. The molecule has 2 aliphatic heterocycles. The highest BCUT2D eigenvalue weighted by atomic mass is 16.5. The van der Waals surface area contributed by atoms with Gasteiger partial charge in [0.15, 0.2) is 17.3 Å². The van der Waals surface area contributed by atoms with E-state index in [9.17, 15) is 9.90 Å². The largest absolute Gasteiger partial charge is 0.506 e. The van der Waals surface area contributed by atoms with Gasteiger partial charge in [0.05, 0.1) is 18.2 Å². The van der Waals surface area contributed by atoms with Gasteiger partial charge in [-0.2, -0.15) is 0 Å². The molecule has 0 aliphatic carbocycles. The molecule has 1 saturated heterocycles. The third kappa shape index (κ3) is 5.06. The van der Waals surface area contributed by atoms with E-state index >= 15 is 0 Å². The van der Waals surface area contributed by atoms with Crippen molar-refractivity contribution in [2.24, 2.45) is 0 Å². The van der Waals surface area contributed by atoms with Crippen molar-refractivity contribution < 1.29 is 24.1 Å². The zero-order valence-electron chi connectivity index (χ0n) is 19.6. The Morgan fingerprint density at radius 2 is 2.09 bits per heavy atom. The lowest BCUT2D eigenvalue weighted by Gasteiger charge is -2.28. The van der Waals surface area contributed by atoms with E-state index in [2.05, 4.69) is 5.32 Å². The summed E-state index contributed by atoms with van der Waals surface area (Å²) in [5.41, 5.74) is 1.09. The highest BCUT2D eigenvalue weighted by Gasteiger charge is 2.26. The van der Waals surface area contributed by atoms with Crippen molar-refractivity contribution in [2.75, 3.05) is 13.7 Å². The minimum absolute atomic E-state index is 0.00467. The fourth-order valence-corrected chi connectivity index (χ4v) is 4.19. The number of hydrogen-bond donors (Lipinski definition) is 2. The van der Waals surface area contributed by atoms with E-state index in [1.165, 1.54) is 6.08 Å². The molecule has 0 aromatic heterocycles. The molecule has 6 nitrogen and oxygen atoms in total. The van der Waals surface area contributed by atoms with Gasteiger partial charge >= 0.3 is 0 Å². The Hall–Kier alpha value is -3.25. The number of rotatable bonds is 7. The molecule has 1 fully saturated rings. The van der Waals surface area contributed by atoms with Crippen LogP contribution in [0.25, 0.3) is 12.2 Å². The number of carbonyl (C=O) groups is 1. The van der Waals surface area contributed by atoms with Crippen molar-refractivity contribution in [2.45, 2.75) is 51.4 Å². The van der Waals surface area contributed by atoms with E-state index in [-0.39, 0.29) is 23.2 Å². The normalized spacial score (nSPS) is 19.7. The molecule has 2 atom stereocenters. The van der Waals surface area contributed by atoms with Crippen LogP contribution in [-0.4, -0.2) is 42.3 Å². The second kappa shape index (κ2) is 9.32. The van der Waals surface area contributed by atoms with E-state index in [1.54, 1.807) is 31.4 Å². The third-order valence-corrected chi connectivity index (χ3v) is 6.06. The summed E-state index contributed by atoms with van der Waals surface area (Å²) < 4.78 is 17.5. The van der Waals surface area contributed by atoms with E-state index in [1.807, 2.05) is 45.0 Å². The Bertz CT molecular complexity index is 1100. The maximum absolute atomic E-state index is 12.8. The molecule has 0 amide bonds. The van der Waals surface area contributed by atoms with Gasteiger partial charge < -0.3 is 24.6 Å². The first-order chi connectivity index (χ1) is 15.8. The first kappa shape index (κ1) is 22.9. The minimum atomic E-state index is -0.454. The van der Waals surface area contributed by atoms with Gasteiger partial charge in [0, 0.05) is 6.04 Å². The average molecular weight is 450 g/mol. The number of nitrogens with one attached hydrogen (secondary N) is 1. The van der Waals surface area contributed by atoms with E-state index < -0.39 is 5.60 Å². The van der Waals surface area contributed by atoms with Gasteiger partial charge in [-0.15, -0.1) is 0 Å². The zero-order valence-corrected chi connectivity index (χ0v) is 19.6. The maximum atomic E-state index is 12.8. The number of carbonyl (C=O) groups excluding carboxylic acids is 1. The topological polar surface area (TPSA) is 77.0 Å². The molecule has 2 heterocycles. The lowest BCUT2D eigenvalue weighted by Crippen LogP contribution is -2.36. The molecule has 2 aromatic carbocycles. The third-order valence-electron chi connectivity index (χ3n) is 6.06. The molecule has 6 heteroatoms. The standard InChI is InChI=1S/C27H31NO5/c1-17(21-6-5-15-28-21)32-25-16-18(8-11-24(25)31-4)7-10-22(29)19-9-12-23-20(26(19)30)13-14-27(2,3)33-23/h7-14,16-17,21,28,30H,5-6,15H2,1-4H3/b10-7+. The molecule has 174 valence electrons. The van der Waals surface area contributed by atoms with Crippen molar-refractivity contribution in [1.29, 1.82) is 0 Å². The van der Waals surface area contributed by atoms with Crippen LogP contribution in [0.5, 0.6) is 23.0 Å². The van der Waals surface area contributed by atoms with Crippen molar-refractivity contribution in [3.63, 3.8) is 0 Å². The van der Waals surface area contributed by atoms with Crippen LogP contribution in [-0.2, 0) is 0 Å². The van der Waals surface area contributed by atoms with E-state index in [0.717, 1.165) is 24.9 Å². The smallest absolute Gasteiger partial charge is 0.189 e. The van der Waals surface area contributed by atoms with Crippen LogP contribution < -0.4 is 19.5 Å². The Morgan fingerprint density at radius 3 is 2.82 bits per heavy atom. The van der Waals surface area contributed by atoms with Crippen molar-refractivity contribution in [1.82, 2.24) is 5.32 Å². The van der Waals surface area contributed by atoms with E-state index in [4.69, 9.17) is 14.2 Å². The highest BCUT2D eigenvalue weighted by molar-refractivity contribution is 6.09. The Balaban J connectivity index is 1.52. The number of methoxy groups -OCH3 is 1. The number of benzene rings is 2. The fourth-order valence-electron chi connectivity index (χ4n) is 4.19. The first-order valence-corrected chi connectivity index (χ1v) is 11.3. The zero-order chi connectivity index (χ0) is 23.6. The highest BCUT2D eigenvalue weighted by Crippen LogP contribution is 2.38. The summed E-state index contributed by atoms with van der Waals surface area (Å²) in [4.78, 5) is 12.8. The number of aromatic hydroxyl groups is 1. The molecule has 2 unspecified atom stereocenters. The molecule has 2 aliphatic rings. The summed E-state index contributed by atoms with van der Waals surface area (Å²) in [5.74, 6) is 1.46. The van der Waals surface area contributed by atoms with Crippen LogP contribution in [0.4, 0.5) is 0 Å².